The zero-order valence-electron chi connectivity index (χ0n) is 12.7. The molecule has 1 N–H and O–H groups in total. The lowest BCUT2D eigenvalue weighted by atomic mass is 10.2. The van der Waals surface area contributed by atoms with Gasteiger partial charge in [0, 0.05) is 11.3 Å². The maximum absolute atomic E-state index is 4.65. The monoisotopic (exact) mass is 283 g/mol. The Hall–Kier alpha value is -0.220. The zero-order valence-corrected chi connectivity index (χ0v) is 13.5. The Kier molecular flexibility index (Phi) is 6.02. The highest BCUT2D eigenvalue weighted by Gasteiger charge is 2.35. The number of hydrogen-bond acceptors (Lipinski definition) is 4. The number of nitrogens with zero attached hydrogens (tertiary/aromatic N) is 2. The summed E-state index contributed by atoms with van der Waals surface area (Å²) in [6, 6.07) is 0.555. The summed E-state index contributed by atoms with van der Waals surface area (Å²) < 4.78 is 0. The van der Waals surface area contributed by atoms with Gasteiger partial charge in [0.15, 0.2) is 5.17 Å². The maximum Gasteiger partial charge on any atom is 0.157 e. The van der Waals surface area contributed by atoms with Gasteiger partial charge in [0.25, 0.3) is 0 Å². The van der Waals surface area contributed by atoms with Gasteiger partial charge in [-0.05, 0) is 58.2 Å². The van der Waals surface area contributed by atoms with Gasteiger partial charge >= 0.3 is 0 Å². The van der Waals surface area contributed by atoms with Crippen LogP contribution in [0, 0.1) is 5.92 Å². The molecule has 19 heavy (non-hydrogen) atoms. The Morgan fingerprint density at radius 2 is 2.11 bits per heavy atom. The van der Waals surface area contributed by atoms with Crippen LogP contribution in [-0.4, -0.2) is 47.5 Å². The fourth-order valence-corrected chi connectivity index (χ4v) is 3.95. The second kappa shape index (κ2) is 7.53. The summed E-state index contributed by atoms with van der Waals surface area (Å²) in [5, 5.41) is 5.58. The van der Waals surface area contributed by atoms with Crippen molar-refractivity contribution in [2.45, 2.75) is 57.7 Å². The number of thioether (sulfide) groups is 1. The van der Waals surface area contributed by atoms with Crippen LogP contribution < -0.4 is 5.32 Å². The van der Waals surface area contributed by atoms with Crippen LogP contribution >= 0.6 is 11.8 Å². The third-order valence-electron chi connectivity index (χ3n) is 4.20. The first-order chi connectivity index (χ1) is 9.22. The zero-order chi connectivity index (χ0) is 13.7. The first kappa shape index (κ1) is 15.2. The molecular formula is C15H29N3S. The molecule has 0 aromatic carbocycles. The van der Waals surface area contributed by atoms with Crippen molar-refractivity contribution in [1.82, 2.24) is 10.2 Å². The van der Waals surface area contributed by atoms with Crippen molar-refractivity contribution in [3.63, 3.8) is 0 Å². The predicted octanol–water partition coefficient (Wildman–Crippen LogP) is 2.97. The number of aliphatic imine (C=N–C) groups is 1. The lowest BCUT2D eigenvalue weighted by molar-refractivity contribution is 0.293. The molecule has 2 rings (SSSR count). The Balaban J connectivity index is 1.58. The molecule has 2 unspecified atom stereocenters. The molecule has 0 spiro atoms. The van der Waals surface area contributed by atoms with Crippen LogP contribution in [0.25, 0.3) is 0 Å². The quantitative estimate of drug-likeness (QED) is 0.742. The van der Waals surface area contributed by atoms with Gasteiger partial charge < -0.3 is 10.2 Å². The maximum atomic E-state index is 4.65. The molecule has 1 aliphatic heterocycles. The standard InChI is InChI=1S/C15H29N3S/c1-4-18(5-2)10-6-7-12(3)17-15-16-11-14(19-15)13-8-9-13/h12-14H,4-11H2,1-3H3,(H,16,17). The Morgan fingerprint density at radius 1 is 1.37 bits per heavy atom. The van der Waals surface area contributed by atoms with E-state index in [1.807, 2.05) is 11.8 Å². The van der Waals surface area contributed by atoms with Gasteiger partial charge in [-0.2, -0.15) is 0 Å². The summed E-state index contributed by atoms with van der Waals surface area (Å²) in [5.74, 6) is 0.964. The summed E-state index contributed by atoms with van der Waals surface area (Å²) in [6.45, 7) is 11.4. The third-order valence-corrected chi connectivity index (χ3v) is 5.51. The normalized spacial score (nSPS) is 24.6. The first-order valence-electron chi connectivity index (χ1n) is 7.92. The van der Waals surface area contributed by atoms with Gasteiger partial charge in [0.05, 0.1) is 6.54 Å². The van der Waals surface area contributed by atoms with Crippen LogP contribution in [0.5, 0.6) is 0 Å². The molecule has 1 heterocycles. The van der Waals surface area contributed by atoms with Crippen LogP contribution in [0.4, 0.5) is 0 Å². The number of hydrogen-bond donors (Lipinski definition) is 1. The molecule has 110 valence electrons. The predicted molar refractivity (Wildman–Crippen MR) is 86.0 cm³/mol. The molecule has 3 nitrogen and oxygen atoms in total. The molecule has 0 amide bonds. The smallest absolute Gasteiger partial charge is 0.157 e. The lowest BCUT2D eigenvalue weighted by Gasteiger charge is -2.20. The van der Waals surface area contributed by atoms with E-state index in [4.69, 9.17) is 0 Å². The number of rotatable bonds is 8. The third kappa shape index (κ3) is 4.99. The Morgan fingerprint density at radius 3 is 2.74 bits per heavy atom. The lowest BCUT2D eigenvalue weighted by Crippen LogP contribution is -2.31. The average Bonchev–Trinajstić information content (AvgIpc) is 3.16. The largest absolute Gasteiger partial charge is 0.362 e. The molecule has 1 fully saturated rings. The van der Waals surface area contributed by atoms with Crippen LogP contribution in [0.3, 0.4) is 0 Å². The van der Waals surface area contributed by atoms with E-state index in [1.54, 1.807) is 0 Å². The highest BCUT2D eigenvalue weighted by molar-refractivity contribution is 8.14. The summed E-state index contributed by atoms with van der Waals surface area (Å²) in [4.78, 5) is 7.15. The second-order valence-electron chi connectivity index (χ2n) is 5.85. The molecule has 0 saturated heterocycles. The summed E-state index contributed by atoms with van der Waals surface area (Å²) in [6.07, 6.45) is 5.38. The minimum atomic E-state index is 0.555. The summed E-state index contributed by atoms with van der Waals surface area (Å²) in [7, 11) is 0. The van der Waals surface area contributed by atoms with Gasteiger partial charge in [0.1, 0.15) is 0 Å². The van der Waals surface area contributed by atoms with E-state index in [2.05, 4.69) is 36.0 Å². The molecule has 0 aromatic heterocycles. The van der Waals surface area contributed by atoms with Crippen LogP contribution in [-0.2, 0) is 0 Å². The van der Waals surface area contributed by atoms with Gasteiger partial charge in [0.2, 0.25) is 0 Å². The second-order valence-corrected chi connectivity index (χ2v) is 7.08. The minimum Gasteiger partial charge on any atom is -0.362 e. The van der Waals surface area contributed by atoms with Crippen molar-refractivity contribution in [2.75, 3.05) is 26.2 Å². The average molecular weight is 283 g/mol. The van der Waals surface area contributed by atoms with Gasteiger partial charge in [-0.1, -0.05) is 25.6 Å². The Labute approximate surface area is 122 Å². The fourth-order valence-electron chi connectivity index (χ4n) is 2.63. The van der Waals surface area contributed by atoms with Crippen LogP contribution in [0.1, 0.15) is 46.5 Å². The SMILES string of the molecule is CCN(CC)CCCC(C)NC1=NCC(C2CC2)S1. The molecule has 2 aliphatic rings. The van der Waals surface area contributed by atoms with Gasteiger partial charge in [-0.15, -0.1) is 0 Å². The van der Waals surface area contributed by atoms with Crippen molar-refractivity contribution >= 4 is 16.9 Å². The topological polar surface area (TPSA) is 27.6 Å². The van der Waals surface area contributed by atoms with Crippen molar-refractivity contribution < 1.29 is 0 Å². The van der Waals surface area contributed by atoms with E-state index in [-0.39, 0.29) is 0 Å². The molecule has 0 bridgehead atoms. The van der Waals surface area contributed by atoms with Gasteiger partial charge in [-0.3, -0.25) is 4.99 Å². The first-order valence-corrected chi connectivity index (χ1v) is 8.80. The van der Waals surface area contributed by atoms with E-state index in [9.17, 15) is 0 Å². The van der Waals surface area contributed by atoms with Crippen molar-refractivity contribution in [3.8, 4) is 0 Å². The summed E-state index contributed by atoms with van der Waals surface area (Å²) >= 11 is 1.99. The van der Waals surface area contributed by atoms with E-state index in [0.29, 0.717) is 6.04 Å². The number of amidine groups is 1. The molecule has 1 aliphatic carbocycles. The van der Waals surface area contributed by atoms with E-state index in [1.165, 1.54) is 50.5 Å². The molecule has 4 heteroatoms. The van der Waals surface area contributed by atoms with Crippen molar-refractivity contribution in [3.05, 3.63) is 0 Å². The fraction of sp³-hybridized carbons (Fsp3) is 0.933. The highest BCUT2D eigenvalue weighted by atomic mass is 32.2. The van der Waals surface area contributed by atoms with Crippen LogP contribution in [0.15, 0.2) is 4.99 Å². The van der Waals surface area contributed by atoms with E-state index >= 15 is 0 Å². The summed E-state index contributed by atoms with van der Waals surface area (Å²) in [5.41, 5.74) is 0. The van der Waals surface area contributed by atoms with Crippen molar-refractivity contribution in [1.29, 1.82) is 0 Å². The molecule has 0 aromatic rings. The van der Waals surface area contributed by atoms with E-state index < -0.39 is 0 Å². The minimum absolute atomic E-state index is 0.555. The highest BCUT2D eigenvalue weighted by Crippen LogP contribution is 2.41. The molecule has 2 atom stereocenters. The van der Waals surface area contributed by atoms with Gasteiger partial charge in [-0.25, -0.2) is 0 Å². The molecular weight excluding hydrogens is 254 g/mol. The van der Waals surface area contributed by atoms with Crippen molar-refractivity contribution in [2.24, 2.45) is 10.9 Å². The Bertz CT molecular complexity index is 298. The van der Waals surface area contributed by atoms with Crippen LogP contribution in [0.2, 0.25) is 0 Å². The molecule has 0 radical (unpaired) electrons. The van der Waals surface area contributed by atoms with E-state index in [0.717, 1.165) is 17.7 Å². The molecule has 1 saturated carbocycles. The number of nitrogens with one attached hydrogen (secondary N) is 1.